The highest BCUT2D eigenvalue weighted by atomic mass is 35.5. The van der Waals surface area contributed by atoms with Gasteiger partial charge in [-0.2, -0.15) is 0 Å². The maximum Gasteiger partial charge on any atom is 0.275 e. The van der Waals surface area contributed by atoms with Gasteiger partial charge in [0.15, 0.2) is 11.5 Å². The van der Waals surface area contributed by atoms with Gasteiger partial charge in [-0.15, -0.1) is 11.3 Å². The van der Waals surface area contributed by atoms with Crippen molar-refractivity contribution in [1.82, 2.24) is 4.98 Å². The molecule has 0 aliphatic carbocycles. The van der Waals surface area contributed by atoms with Crippen molar-refractivity contribution < 1.29 is 14.3 Å². The van der Waals surface area contributed by atoms with Crippen molar-refractivity contribution in [2.75, 3.05) is 12.4 Å². The van der Waals surface area contributed by atoms with Gasteiger partial charge in [0.2, 0.25) is 0 Å². The van der Waals surface area contributed by atoms with Crippen LogP contribution in [-0.2, 0) is 6.61 Å². The predicted molar refractivity (Wildman–Crippen MR) is 134 cm³/mol. The number of nitrogens with zero attached hydrogens (tertiary/aromatic N) is 1. The van der Waals surface area contributed by atoms with Gasteiger partial charge in [0.1, 0.15) is 17.3 Å². The number of ether oxygens (including phenoxy) is 2. The number of nitrogens with one attached hydrogen (secondary N) is 1. The van der Waals surface area contributed by atoms with Gasteiger partial charge in [-0.1, -0.05) is 47.0 Å². The number of methoxy groups -OCH3 is 1. The lowest BCUT2D eigenvalue weighted by molar-refractivity contribution is 0.102. The molecule has 0 saturated heterocycles. The first-order valence-electron chi connectivity index (χ1n) is 10.0. The molecule has 1 amide bonds. The summed E-state index contributed by atoms with van der Waals surface area (Å²) in [5.41, 5.74) is 3.93. The highest BCUT2D eigenvalue weighted by Gasteiger charge is 2.14. The molecule has 0 aliphatic heterocycles. The van der Waals surface area contributed by atoms with Crippen LogP contribution in [0, 0.1) is 6.92 Å². The Morgan fingerprint density at radius 1 is 1.00 bits per heavy atom. The number of halogens is 2. The lowest BCUT2D eigenvalue weighted by Gasteiger charge is -2.12. The van der Waals surface area contributed by atoms with Crippen molar-refractivity contribution in [3.63, 3.8) is 0 Å². The average Bonchev–Trinajstić information content (AvgIpc) is 3.32. The van der Waals surface area contributed by atoms with E-state index in [0.717, 1.165) is 22.4 Å². The molecule has 1 N–H and O–H groups in total. The van der Waals surface area contributed by atoms with Crippen LogP contribution < -0.4 is 14.8 Å². The molecule has 0 unspecified atom stereocenters. The summed E-state index contributed by atoms with van der Waals surface area (Å²) < 4.78 is 11.4. The fourth-order valence-electron chi connectivity index (χ4n) is 3.05. The lowest BCUT2D eigenvalue weighted by atomic mass is 10.2. The van der Waals surface area contributed by atoms with Gasteiger partial charge in [0.05, 0.1) is 17.2 Å². The smallest absolute Gasteiger partial charge is 0.275 e. The molecule has 0 bridgehead atoms. The molecule has 0 aliphatic rings. The molecule has 3 aromatic carbocycles. The van der Waals surface area contributed by atoms with Crippen LogP contribution in [0.2, 0.25) is 10.0 Å². The van der Waals surface area contributed by atoms with Crippen molar-refractivity contribution in [2.45, 2.75) is 13.5 Å². The Hall–Kier alpha value is -3.06. The largest absolute Gasteiger partial charge is 0.493 e. The van der Waals surface area contributed by atoms with Crippen molar-refractivity contribution in [3.8, 4) is 22.1 Å². The number of rotatable bonds is 7. The average molecular weight is 499 g/mol. The van der Waals surface area contributed by atoms with Crippen molar-refractivity contribution in [3.05, 3.63) is 92.9 Å². The second kappa shape index (κ2) is 10.3. The fraction of sp³-hybridized carbons (Fsp3) is 0.120. The first-order chi connectivity index (χ1) is 15.9. The lowest BCUT2D eigenvalue weighted by Crippen LogP contribution is -2.12. The number of anilines is 1. The summed E-state index contributed by atoms with van der Waals surface area (Å²) in [6, 6.07) is 18.5. The molecule has 0 spiro atoms. The second-order valence-electron chi connectivity index (χ2n) is 7.26. The highest BCUT2D eigenvalue weighted by molar-refractivity contribution is 7.13. The second-order valence-corrected chi connectivity index (χ2v) is 8.93. The van der Waals surface area contributed by atoms with Gasteiger partial charge >= 0.3 is 0 Å². The molecule has 0 atom stereocenters. The van der Waals surface area contributed by atoms with Crippen LogP contribution >= 0.6 is 34.5 Å². The van der Waals surface area contributed by atoms with Crippen molar-refractivity contribution in [1.29, 1.82) is 0 Å². The molecule has 4 rings (SSSR count). The van der Waals surface area contributed by atoms with Crippen LogP contribution in [0.25, 0.3) is 10.6 Å². The zero-order chi connectivity index (χ0) is 23.4. The minimum atomic E-state index is -0.255. The van der Waals surface area contributed by atoms with E-state index in [2.05, 4.69) is 10.3 Å². The fourth-order valence-corrected chi connectivity index (χ4v) is 4.17. The number of hydrogen-bond donors (Lipinski definition) is 1. The maximum atomic E-state index is 12.6. The molecule has 0 saturated carbocycles. The molecule has 4 aromatic rings. The topological polar surface area (TPSA) is 60.5 Å². The number of carbonyl (C=O) groups excluding carboxylic acids is 1. The van der Waals surface area contributed by atoms with Gasteiger partial charge in [-0.05, 0) is 55.0 Å². The molecule has 1 heterocycles. The summed E-state index contributed by atoms with van der Waals surface area (Å²) in [4.78, 5) is 17.1. The van der Waals surface area contributed by atoms with Gasteiger partial charge in [-0.25, -0.2) is 4.98 Å². The summed E-state index contributed by atoms with van der Waals surface area (Å²) >= 11 is 13.4. The van der Waals surface area contributed by atoms with E-state index in [1.165, 1.54) is 11.3 Å². The predicted octanol–water partition coefficient (Wildman–Crippen LogP) is 7.27. The Labute approximate surface area is 205 Å². The summed E-state index contributed by atoms with van der Waals surface area (Å²) in [7, 11) is 1.58. The SMILES string of the molecule is COc1cc(-c2nc(C(=O)Nc3ccc(C)cc3)cs2)ccc1OCc1ccc(Cl)c(Cl)c1. The molecule has 1 aromatic heterocycles. The van der Waals surface area contributed by atoms with Crippen LogP contribution in [0.5, 0.6) is 11.5 Å². The summed E-state index contributed by atoms with van der Waals surface area (Å²) in [5.74, 6) is 0.893. The summed E-state index contributed by atoms with van der Waals surface area (Å²) in [6.07, 6.45) is 0. The number of aromatic nitrogens is 1. The van der Waals surface area contributed by atoms with E-state index in [9.17, 15) is 4.79 Å². The van der Waals surface area contributed by atoms with E-state index >= 15 is 0 Å². The Bertz CT molecular complexity index is 1290. The van der Waals surface area contributed by atoms with Crippen molar-refractivity contribution in [2.24, 2.45) is 0 Å². The summed E-state index contributed by atoms with van der Waals surface area (Å²) in [6.45, 7) is 2.31. The molecule has 168 valence electrons. The van der Waals surface area contributed by atoms with Crippen LogP contribution in [0.1, 0.15) is 21.6 Å². The maximum absolute atomic E-state index is 12.6. The van der Waals surface area contributed by atoms with Crippen LogP contribution in [-0.4, -0.2) is 18.0 Å². The van der Waals surface area contributed by atoms with Crippen LogP contribution in [0.4, 0.5) is 5.69 Å². The third kappa shape index (κ3) is 5.66. The Morgan fingerprint density at radius 3 is 2.52 bits per heavy atom. The van der Waals surface area contributed by atoms with E-state index < -0.39 is 0 Å². The Morgan fingerprint density at radius 2 is 1.79 bits per heavy atom. The molecule has 8 heteroatoms. The number of aryl methyl sites for hydroxylation is 1. The zero-order valence-corrected chi connectivity index (χ0v) is 20.2. The minimum absolute atomic E-state index is 0.255. The van der Waals surface area contributed by atoms with E-state index in [1.54, 1.807) is 24.6 Å². The molecular formula is C25H20Cl2N2O3S. The number of hydrogen-bond acceptors (Lipinski definition) is 5. The van der Waals surface area contributed by atoms with Gasteiger partial charge in [0.25, 0.3) is 5.91 Å². The van der Waals surface area contributed by atoms with Crippen LogP contribution in [0.3, 0.4) is 0 Å². The molecule has 0 fully saturated rings. The van der Waals surface area contributed by atoms with E-state index in [1.807, 2.05) is 55.5 Å². The molecule has 33 heavy (non-hydrogen) atoms. The van der Waals surface area contributed by atoms with Gasteiger partial charge in [-0.3, -0.25) is 4.79 Å². The van der Waals surface area contributed by atoms with E-state index in [-0.39, 0.29) is 5.91 Å². The van der Waals surface area contributed by atoms with Gasteiger partial charge < -0.3 is 14.8 Å². The number of thiazole rings is 1. The Balaban J connectivity index is 1.47. The third-order valence-corrected chi connectivity index (χ3v) is 6.47. The summed E-state index contributed by atoms with van der Waals surface area (Å²) in [5, 5.41) is 6.28. The van der Waals surface area contributed by atoms with E-state index in [0.29, 0.717) is 38.9 Å². The van der Waals surface area contributed by atoms with Crippen molar-refractivity contribution >= 4 is 46.1 Å². The quantitative estimate of drug-likeness (QED) is 0.291. The van der Waals surface area contributed by atoms with Gasteiger partial charge in [0, 0.05) is 16.6 Å². The number of amides is 1. The van der Waals surface area contributed by atoms with E-state index in [4.69, 9.17) is 32.7 Å². The normalized spacial score (nSPS) is 10.7. The minimum Gasteiger partial charge on any atom is -0.493 e. The first kappa shape index (κ1) is 23.1. The monoisotopic (exact) mass is 498 g/mol. The number of benzene rings is 3. The standard InChI is InChI=1S/C25H20Cl2N2O3S/c1-15-3-7-18(8-4-15)28-24(30)21-14-33-25(29-21)17-6-10-22(23(12-17)31-2)32-13-16-5-9-19(26)20(27)11-16/h3-12,14H,13H2,1-2H3,(H,28,30). The number of carbonyl (C=O) groups is 1. The molecule has 5 nitrogen and oxygen atoms in total. The van der Waals surface area contributed by atoms with Crippen LogP contribution in [0.15, 0.2) is 66.0 Å². The highest BCUT2D eigenvalue weighted by Crippen LogP contribution is 2.34. The molecule has 0 radical (unpaired) electrons. The molecular weight excluding hydrogens is 479 g/mol. The zero-order valence-electron chi connectivity index (χ0n) is 17.9. The Kier molecular flexibility index (Phi) is 7.18. The third-order valence-electron chi connectivity index (χ3n) is 4.84. The first-order valence-corrected chi connectivity index (χ1v) is 11.6.